The molecule has 1 atom stereocenters. The summed E-state index contributed by atoms with van der Waals surface area (Å²) in [5.74, 6) is 2.07. The van der Waals surface area contributed by atoms with Crippen molar-refractivity contribution in [1.82, 2.24) is 19.8 Å². The van der Waals surface area contributed by atoms with Gasteiger partial charge in [-0.05, 0) is 49.5 Å². The van der Waals surface area contributed by atoms with Gasteiger partial charge >= 0.3 is 0 Å². The SMILES string of the molecule is CN(C)CC(=O)N1Cc2cc(Oc3cccnc3)ccc2C1c1cnco1. The zero-order chi connectivity index (χ0) is 18.8. The molecule has 0 bridgehead atoms. The summed E-state index contributed by atoms with van der Waals surface area (Å²) in [4.78, 5) is 24.5. The molecule has 0 aliphatic carbocycles. The Morgan fingerprint density at radius 1 is 1.26 bits per heavy atom. The topological polar surface area (TPSA) is 71.7 Å². The van der Waals surface area contributed by atoms with E-state index in [9.17, 15) is 4.79 Å². The van der Waals surface area contributed by atoms with Crippen LogP contribution in [0.3, 0.4) is 0 Å². The molecule has 0 spiro atoms. The molecule has 2 aromatic heterocycles. The Hall–Kier alpha value is -3.19. The van der Waals surface area contributed by atoms with Crippen LogP contribution in [0.4, 0.5) is 0 Å². The van der Waals surface area contributed by atoms with E-state index in [0.29, 0.717) is 30.3 Å². The monoisotopic (exact) mass is 364 g/mol. The molecule has 0 fully saturated rings. The van der Waals surface area contributed by atoms with E-state index in [2.05, 4.69) is 9.97 Å². The Labute approximate surface area is 157 Å². The summed E-state index contributed by atoms with van der Waals surface area (Å²) in [5, 5.41) is 0. The third-order valence-corrected chi connectivity index (χ3v) is 4.42. The molecule has 0 saturated heterocycles. The van der Waals surface area contributed by atoms with Gasteiger partial charge in [-0.1, -0.05) is 6.07 Å². The lowest BCUT2D eigenvalue weighted by Crippen LogP contribution is -2.36. The van der Waals surface area contributed by atoms with Crippen LogP contribution in [-0.2, 0) is 11.3 Å². The summed E-state index contributed by atoms with van der Waals surface area (Å²) in [6.45, 7) is 0.829. The van der Waals surface area contributed by atoms with Crippen molar-refractivity contribution in [3.05, 3.63) is 72.2 Å². The largest absolute Gasteiger partial charge is 0.456 e. The van der Waals surface area contributed by atoms with Gasteiger partial charge in [0, 0.05) is 12.7 Å². The number of hydrogen-bond donors (Lipinski definition) is 0. The Kier molecular flexibility index (Phi) is 4.60. The zero-order valence-corrected chi connectivity index (χ0v) is 15.2. The fraction of sp³-hybridized carbons (Fsp3) is 0.250. The van der Waals surface area contributed by atoms with E-state index in [1.165, 1.54) is 6.39 Å². The van der Waals surface area contributed by atoms with Crippen LogP contribution < -0.4 is 4.74 Å². The van der Waals surface area contributed by atoms with Gasteiger partial charge in [-0.15, -0.1) is 0 Å². The molecule has 0 radical (unpaired) electrons. The predicted molar refractivity (Wildman–Crippen MR) is 98.2 cm³/mol. The molecule has 0 saturated carbocycles. The van der Waals surface area contributed by atoms with Gasteiger partial charge in [0.2, 0.25) is 5.91 Å². The Bertz CT molecular complexity index is 926. The van der Waals surface area contributed by atoms with Crippen LogP contribution in [0.2, 0.25) is 0 Å². The number of likely N-dealkylation sites (N-methyl/N-ethyl adjacent to an activating group) is 1. The van der Waals surface area contributed by atoms with Gasteiger partial charge in [-0.3, -0.25) is 9.78 Å². The summed E-state index contributed by atoms with van der Waals surface area (Å²) in [5.41, 5.74) is 2.06. The number of benzene rings is 1. The van der Waals surface area contributed by atoms with Gasteiger partial charge < -0.3 is 19.0 Å². The molecule has 27 heavy (non-hydrogen) atoms. The maximum Gasteiger partial charge on any atom is 0.237 e. The highest BCUT2D eigenvalue weighted by molar-refractivity contribution is 5.80. The number of nitrogens with zero attached hydrogens (tertiary/aromatic N) is 4. The molecule has 4 rings (SSSR count). The molecule has 1 unspecified atom stereocenters. The standard InChI is InChI=1S/C20H20N4O3/c1-23(2)12-19(25)24-11-14-8-15(27-16-4-3-7-21-9-16)5-6-17(14)20(24)18-10-22-13-26-18/h3-10,13,20H,11-12H2,1-2H3. The second-order valence-corrected chi connectivity index (χ2v) is 6.72. The number of ether oxygens (including phenoxy) is 1. The molecule has 0 N–H and O–H groups in total. The lowest BCUT2D eigenvalue weighted by atomic mass is 10.0. The van der Waals surface area contributed by atoms with Crippen molar-refractivity contribution in [2.24, 2.45) is 0 Å². The minimum Gasteiger partial charge on any atom is -0.456 e. The molecule has 1 aliphatic heterocycles. The van der Waals surface area contributed by atoms with Crippen molar-refractivity contribution in [1.29, 1.82) is 0 Å². The summed E-state index contributed by atoms with van der Waals surface area (Å²) < 4.78 is 11.4. The third kappa shape index (κ3) is 3.54. The van der Waals surface area contributed by atoms with Crippen LogP contribution in [0.15, 0.2) is 59.7 Å². The first kappa shape index (κ1) is 17.2. The van der Waals surface area contributed by atoms with E-state index in [-0.39, 0.29) is 11.9 Å². The second kappa shape index (κ2) is 7.20. The molecular weight excluding hydrogens is 344 g/mol. The molecule has 1 amide bonds. The zero-order valence-electron chi connectivity index (χ0n) is 15.2. The minimum atomic E-state index is -0.276. The number of oxazole rings is 1. The summed E-state index contributed by atoms with van der Waals surface area (Å²) in [6.07, 6.45) is 6.42. The maximum atomic E-state index is 12.8. The highest BCUT2D eigenvalue weighted by Gasteiger charge is 2.36. The van der Waals surface area contributed by atoms with Gasteiger partial charge in [0.05, 0.1) is 18.9 Å². The molecule has 3 aromatic rings. The second-order valence-electron chi connectivity index (χ2n) is 6.72. The van der Waals surface area contributed by atoms with Gasteiger partial charge in [0.25, 0.3) is 0 Å². The first-order valence-corrected chi connectivity index (χ1v) is 8.65. The van der Waals surface area contributed by atoms with E-state index in [0.717, 1.165) is 11.1 Å². The van der Waals surface area contributed by atoms with Crippen molar-refractivity contribution >= 4 is 5.91 Å². The van der Waals surface area contributed by atoms with E-state index >= 15 is 0 Å². The Morgan fingerprint density at radius 3 is 2.85 bits per heavy atom. The molecular formula is C20H20N4O3. The average molecular weight is 364 g/mol. The first-order chi connectivity index (χ1) is 13.1. The Balaban J connectivity index is 1.65. The molecule has 7 nitrogen and oxygen atoms in total. The van der Waals surface area contributed by atoms with Crippen LogP contribution in [0, 0.1) is 0 Å². The van der Waals surface area contributed by atoms with E-state index in [1.807, 2.05) is 54.2 Å². The van der Waals surface area contributed by atoms with Gasteiger partial charge in [-0.25, -0.2) is 4.98 Å². The van der Waals surface area contributed by atoms with Crippen molar-refractivity contribution in [3.8, 4) is 11.5 Å². The van der Waals surface area contributed by atoms with Crippen LogP contribution >= 0.6 is 0 Å². The number of amides is 1. The number of carbonyl (C=O) groups is 1. The minimum absolute atomic E-state index is 0.0346. The number of carbonyl (C=O) groups excluding carboxylic acids is 1. The number of rotatable bonds is 5. The number of hydrogen-bond acceptors (Lipinski definition) is 6. The molecule has 3 heterocycles. The lowest BCUT2D eigenvalue weighted by molar-refractivity contribution is -0.133. The third-order valence-electron chi connectivity index (χ3n) is 4.42. The quantitative estimate of drug-likeness (QED) is 0.693. The number of aromatic nitrogens is 2. The number of fused-ring (bicyclic) bond motifs is 1. The van der Waals surface area contributed by atoms with Crippen LogP contribution in [0.25, 0.3) is 0 Å². The van der Waals surface area contributed by atoms with Crippen LogP contribution in [-0.4, -0.2) is 46.3 Å². The van der Waals surface area contributed by atoms with Crippen molar-refractivity contribution in [3.63, 3.8) is 0 Å². The van der Waals surface area contributed by atoms with E-state index in [1.54, 1.807) is 18.6 Å². The smallest absolute Gasteiger partial charge is 0.237 e. The van der Waals surface area contributed by atoms with Crippen molar-refractivity contribution in [2.45, 2.75) is 12.6 Å². The number of pyridine rings is 1. The fourth-order valence-corrected chi connectivity index (χ4v) is 3.30. The summed E-state index contributed by atoms with van der Waals surface area (Å²) in [6, 6.07) is 9.25. The fourth-order valence-electron chi connectivity index (χ4n) is 3.30. The average Bonchev–Trinajstić information content (AvgIpc) is 3.28. The lowest BCUT2D eigenvalue weighted by Gasteiger charge is -2.24. The molecule has 138 valence electrons. The highest BCUT2D eigenvalue weighted by Crippen LogP contribution is 2.40. The predicted octanol–water partition coefficient (Wildman–Crippen LogP) is 2.86. The first-order valence-electron chi connectivity index (χ1n) is 8.65. The van der Waals surface area contributed by atoms with E-state index in [4.69, 9.17) is 9.15 Å². The maximum absolute atomic E-state index is 12.8. The van der Waals surface area contributed by atoms with Crippen LogP contribution in [0.1, 0.15) is 22.9 Å². The van der Waals surface area contributed by atoms with Crippen molar-refractivity contribution < 1.29 is 13.9 Å². The summed E-state index contributed by atoms with van der Waals surface area (Å²) >= 11 is 0. The van der Waals surface area contributed by atoms with Crippen LogP contribution in [0.5, 0.6) is 11.5 Å². The van der Waals surface area contributed by atoms with Gasteiger partial charge in [0.15, 0.2) is 12.2 Å². The molecule has 7 heteroatoms. The van der Waals surface area contributed by atoms with Crippen molar-refractivity contribution in [2.75, 3.05) is 20.6 Å². The Morgan fingerprint density at radius 2 is 2.15 bits per heavy atom. The summed E-state index contributed by atoms with van der Waals surface area (Å²) in [7, 11) is 3.76. The molecule has 1 aliphatic rings. The normalized spacial score (nSPS) is 15.8. The van der Waals surface area contributed by atoms with Gasteiger partial charge in [0.1, 0.15) is 17.5 Å². The highest BCUT2D eigenvalue weighted by atomic mass is 16.5. The van der Waals surface area contributed by atoms with Gasteiger partial charge in [-0.2, -0.15) is 0 Å². The van der Waals surface area contributed by atoms with E-state index < -0.39 is 0 Å². The molecule has 1 aromatic carbocycles.